The fourth-order valence-corrected chi connectivity index (χ4v) is 2.09. The Kier molecular flexibility index (Phi) is 7.71. The van der Waals surface area contributed by atoms with E-state index in [1.807, 2.05) is 54.6 Å². The van der Waals surface area contributed by atoms with Crippen molar-refractivity contribution in [1.82, 2.24) is 19.9 Å². The van der Waals surface area contributed by atoms with Gasteiger partial charge in [0, 0.05) is 39.7 Å². The van der Waals surface area contributed by atoms with Crippen molar-refractivity contribution in [3.63, 3.8) is 0 Å². The molecule has 4 rings (SSSR count). The van der Waals surface area contributed by atoms with Crippen molar-refractivity contribution >= 4 is 0 Å². The van der Waals surface area contributed by atoms with Crippen LogP contribution in [-0.2, 0) is 21.1 Å². The van der Waals surface area contributed by atoms with Crippen LogP contribution in [0.25, 0.3) is 22.8 Å². The molecule has 6 heteroatoms. The van der Waals surface area contributed by atoms with E-state index >= 15 is 0 Å². The first-order valence-electron chi connectivity index (χ1n) is 7.68. The van der Waals surface area contributed by atoms with Crippen LogP contribution in [0.2, 0.25) is 0 Å². The topological polar surface area (TPSA) is 51.6 Å². The second-order valence-electron chi connectivity index (χ2n) is 5.01. The molecule has 0 bridgehead atoms. The van der Waals surface area contributed by atoms with Gasteiger partial charge in [0.15, 0.2) is 0 Å². The maximum atomic E-state index is 11.8. The first-order chi connectivity index (χ1) is 12.3. The molecule has 0 aliphatic heterocycles. The summed E-state index contributed by atoms with van der Waals surface area (Å²) in [5.74, 6) is -0.289. The van der Waals surface area contributed by atoms with Crippen LogP contribution in [0.15, 0.2) is 91.5 Å². The second kappa shape index (κ2) is 10.3. The summed E-state index contributed by atoms with van der Waals surface area (Å²) in [6.45, 7) is 0. The Morgan fingerprint density at radius 1 is 0.577 bits per heavy atom. The van der Waals surface area contributed by atoms with Crippen molar-refractivity contribution in [2.24, 2.45) is 0 Å². The van der Waals surface area contributed by atoms with Gasteiger partial charge in [0.1, 0.15) is 5.82 Å². The minimum absolute atomic E-state index is 0. The van der Waals surface area contributed by atoms with Gasteiger partial charge in [0.25, 0.3) is 0 Å². The van der Waals surface area contributed by atoms with Crippen LogP contribution >= 0.6 is 0 Å². The Labute approximate surface area is 165 Å². The summed E-state index contributed by atoms with van der Waals surface area (Å²) >= 11 is 0. The summed E-state index contributed by atoms with van der Waals surface area (Å²) in [5, 5.41) is 0. The van der Waals surface area contributed by atoms with Crippen LogP contribution < -0.4 is 0 Å². The molecule has 0 unspecified atom stereocenters. The summed E-state index contributed by atoms with van der Waals surface area (Å²) in [5.41, 5.74) is 3.46. The predicted octanol–water partition coefficient (Wildman–Crippen LogP) is 4.42. The molecule has 4 aromatic heterocycles. The first-order valence-corrected chi connectivity index (χ1v) is 7.68. The number of hydrogen-bond donors (Lipinski definition) is 0. The Balaban J connectivity index is 0.000000258. The van der Waals surface area contributed by atoms with Gasteiger partial charge < -0.3 is 0 Å². The number of aromatic nitrogens is 4. The van der Waals surface area contributed by atoms with E-state index in [0.29, 0.717) is 0 Å². The van der Waals surface area contributed by atoms with Gasteiger partial charge in [0.2, 0.25) is 0 Å². The molecular weight excluding hydrogens is 510 g/mol. The van der Waals surface area contributed by atoms with E-state index in [4.69, 9.17) is 0 Å². The zero-order valence-electron chi connectivity index (χ0n) is 13.6. The van der Waals surface area contributed by atoms with E-state index < -0.39 is 0 Å². The Hall–Kier alpha value is -2.78. The number of pyridine rings is 4. The number of hydrogen-bond acceptors (Lipinski definition) is 4. The van der Waals surface area contributed by atoms with Crippen molar-refractivity contribution in [3.8, 4) is 22.8 Å². The molecule has 0 atom stereocenters. The zero-order valence-corrected chi connectivity index (χ0v) is 15.9. The molecule has 132 valence electrons. The molecule has 0 aliphatic rings. The number of halogens is 1. The number of rotatable bonds is 2. The average molecular weight is 525 g/mol. The van der Waals surface area contributed by atoms with E-state index in [2.05, 4.69) is 19.9 Å². The average Bonchev–Trinajstić information content (AvgIpc) is 2.71. The first kappa shape index (κ1) is 19.5. The van der Waals surface area contributed by atoms with E-state index in [-0.39, 0.29) is 26.9 Å². The maximum absolute atomic E-state index is 11.8. The van der Waals surface area contributed by atoms with Crippen LogP contribution in [0.4, 0.5) is 4.39 Å². The van der Waals surface area contributed by atoms with Gasteiger partial charge in [-0.05, 0) is 48.5 Å². The zero-order chi connectivity index (χ0) is 17.3. The molecule has 0 spiro atoms. The molecule has 0 radical (unpaired) electrons. The number of nitrogens with zero attached hydrogens (tertiary/aromatic N) is 4. The third-order valence-electron chi connectivity index (χ3n) is 3.23. The van der Waals surface area contributed by atoms with Gasteiger partial charge in [-0.1, -0.05) is 18.2 Å². The molecule has 4 aromatic rings. The van der Waals surface area contributed by atoms with Crippen molar-refractivity contribution in [2.45, 2.75) is 0 Å². The van der Waals surface area contributed by atoms with Gasteiger partial charge in [-0.2, -0.15) is 0 Å². The fraction of sp³-hybridized carbons (Fsp3) is 0. The Morgan fingerprint density at radius 2 is 1.15 bits per heavy atom. The molecular formula is C20H15FN4Pt. The standard InChI is InChI=1S/C15H11N3.C5H4FN.Pt/c1-3-10-16-12(6-1)14-8-5-9-15(18-14)13-7-2-4-11-17-13;6-5-2-1-3-7-4-5;/h1-11H;1-4H;. The molecule has 0 saturated carbocycles. The van der Waals surface area contributed by atoms with Crippen LogP contribution in [-0.4, -0.2) is 19.9 Å². The van der Waals surface area contributed by atoms with Gasteiger partial charge >= 0.3 is 0 Å². The van der Waals surface area contributed by atoms with Crippen molar-refractivity contribution in [1.29, 1.82) is 0 Å². The Bertz CT molecular complexity index is 852. The second-order valence-corrected chi connectivity index (χ2v) is 5.01. The van der Waals surface area contributed by atoms with Crippen molar-refractivity contribution < 1.29 is 25.5 Å². The summed E-state index contributed by atoms with van der Waals surface area (Å²) in [7, 11) is 0. The van der Waals surface area contributed by atoms with E-state index in [0.717, 1.165) is 22.8 Å². The summed E-state index contributed by atoms with van der Waals surface area (Å²) in [6.07, 6.45) is 6.23. The van der Waals surface area contributed by atoms with E-state index in [1.54, 1.807) is 18.5 Å². The third-order valence-corrected chi connectivity index (χ3v) is 3.23. The van der Waals surface area contributed by atoms with Crippen molar-refractivity contribution in [2.75, 3.05) is 0 Å². The van der Waals surface area contributed by atoms with Gasteiger partial charge in [-0.25, -0.2) is 9.37 Å². The quantitative estimate of drug-likeness (QED) is 0.389. The normalized spacial score (nSPS) is 9.42. The molecule has 0 amide bonds. The van der Waals surface area contributed by atoms with Gasteiger partial charge in [0.05, 0.1) is 29.0 Å². The minimum Gasteiger partial charge on any atom is -0.262 e. The summed E-state index contributed by atoms with van der Waals surface area (Å²) in [4.78, 5) is 16.7. The van der Waals surface area contributed by atoms with Gasteiger partial charge in [-0.3, -0.25) is 15.0 Å². The Morgan fingerprint density at radius 3 is 1.54 bits per heavy atom. The van der Waals surface area contributed by atoms with Crippen LogP contribution in [0.1, 0.15) is 0 Å². The fourth-order valence-electron chi connectivity index (χ4n) is 2.09. The predicted molar refractivity (Wildman–Crippen MR) is 94.9 cm³/mol. The van der Waals surface area contributed by atoms with Crippen LogP contribution in [0.5, 0.6) is 0 Å². The maximum Gasteiger partial charge on any atom is 0.141 e. The summed E-state index contributed by atoms with van der Waals surface area (Å²) in [6, 6.07) is 20.4. The molecule has 4 nitrogen and oxygen atoms in total. The molecule has 0 saturated heterocycles. The molecule has 0 fully saturated rings. The molecule has 0 aromatic carbocycles. The van der Waals surface area contributed by atoms with E-state index in [9.17, 15) is 4.39 Å². The smallest absolute Gasteiger partial charge is 0.141 e. The molecule has 0 aliphatic carbocycles. The molecule has 4 heterocycles. The van der Waals surface area contributed by atoms with Gasteiger partial charge in [-0.15, -0.1) is 0 Å². The molecule has 26 heavy (non-hydrogen) atoms. The minimum atomic E-state index is -0.289. The SMILES string of the molecule is Fc1cccnc1.[Pt].c1ccc(-c2cccc(-c3ccccn3)n2)nc1. The largest absolute Gasteiger partial charge is 0.262 e. The third kappa shape index (κ3) is 5.64. The van der Waals surface area contributed by atoms with Crippen molar-refractivity contribution in [3.05, 3.63) is 97.3 Å². The summed E-state index contributed by atoms with van der Waals surface area (Å²) < 4.78 is 11.8. The van der Waals surface area contributed by atoms with E-state index in [1.165, 1.54) is 18.5 Å². The van der Waals surface area contributed by atoms with Crippen LogP contribution in [0, 0.1) is 5.82 Å². The van der Waals surface area contributed by atoms with Crippen LogP contribution in [0.3, 0.4) is 0 Å². The molecule has 0 N–H and O–H groups in total. The monoisotopic (exact) mass is 525 g/mol.